The van der Waals surface area contributed by atoms with Gasteiger partial charge in [0.2, 0.25) is 0 Å². The van der Waals surface area contributed by atoms with E-state index >= 15 is 0 Å². The Morgan fingerprint density at radius 1 is 0.921 bits per heavy atom. The number of nitrogens with one attached hydrogen (secondary N) is 1. The summed E-state index contributed by atoms with van der Waals surface area (Å²) in [6, 6.07) is 23.2. The first kappa shape index (κ1) is 23.5. The van der Waals surface area contributed by atoms with Crippen LogP contribution in [0.25, 0.3) is 22.4 Å². The number of esters is 1. The van der Waals surface area contributed by atoms with E-state index in [4.69, 9.17) is 9.72 Å². The number of methoxy groups -OCH3 is 1. The molecule has 2 atom stereocenters. The van der Waals surface area contributed by atoms with Crippen molar-refractivity contribution in [2.24, 2.45) is 24.8 Å². The van der Waals surface area contributed by atoms with E-state index in [1.807, 2.05) is 23.7 Å². The topological polar surface area (TPSA) is 56.1 Å². The number of ether oxygens (including phenoxy) is 1. The first-order chi connectivity index (χ1) is 18.5. The number of imidazole rings is 1. The van der Waals surface area contributed by atoms with Gasteiger partial charge >= 0.3 is 5.97 Å². The second-order valence-electron chi connectivity index (χ2n) is 12.0. The fourth-order valence-corrected chi connectivity index (χ4v) is 8.10. The number of para-hydroxylation sites is 1. The van der Waals surface area contributed by atoms with Crippen molar-refractivity contribution in [1.82, 2.24) is 9.55 Å². The lowest BCUT2D eigenvalue weighted by molar-refractivity contribution is 0.0602. The highest BCUT2D eigenvalue weighted by atomic mass is 16.5. The van der Waals surface area contributed by atoms with Gasteiger partial charge in [0.05, 0.1) is 23.7 Å². The second kappa shape index (κ2) is 9.00. The van der Waals surface area contributed by atoms with Gasteiger partial charge in [-0.3, -0.25) is 0 Å². The molecule has 2 unspecified atom stereocenters. The maximum atomic E-state index is 12.3. The molecule has 4 fully saturated rings. The summed E-state index contributed by atoms with van der Waals surface area (Å²) in [5, 5.41) is 3.58. The van der Waals surface area contributed by atoms with Crippen molar-refractivity contribution in [2.45, 2.75) is 50.4 Å². The Morgan fingerprint density at radius 3 is 2.26 bits per heavy atom. The van der Waals surface area contributed by atoms with E-state index in [0.717, 1.165) is 51.5 Å². The number of hydrogen-bond donors (Lipinski definition) is 1. The molecule has 4 aromatic rings. The lowest BCUT2D eigenvalue weighted by atomic mass is 9.59. The van der Waals surface area contributed by atoms with Crippen LogP contribution in [0.1, 0.15) is 60.9 Å². The zero-order valence-corrected chi connectivity index (χ0v) is 22.2. The number of carbonyl (C=O) groups is 1. The zero-order chi connectivity index (χ0) is 25.9. The third-order valence-corrected chi connectivity index (χ3v) is 9.62. The lowest BCUT2D eigenvalue weighted by Gasteiger charge is -2.45. The van der Waals surface area contributed by atoms with Gasteiger partial charge in [-0.15, -0.1) is 0 Å². The number of aromatic nitrogens is 2. The molecule has 4 aliphatic carbocycles. The largest absolute Gasteiger partial charge is 0.465 e. The van der Waals surface area contributed by atoms with Gasteiger partial charge < -0.3 is 14.6 Å². The molecule has 194 valence electrons. The highest BCUT2D eigenvalue weighted by Gasteiger charge is 2.48. The minimum absolute atomic E-state index is 0.352. The lowest BCUT2D eigenvalue weighted by Crippen LogP contribution is -2.37. The minimum Gasteiger partial charge on any atom is -0.465 e. The summed E-state index contributed by atoms with van der Waals surface area (Å²) in [6.45, 7) is 0. The van der Waals surface area contributed by atoms with Crippen LogP contribution in [0, 0.1) is 17.8 Å². The number of carbonyl (C=O) groups excluding carboxylic acids is 1. The molecule has 1 aromatic heterocycles. The van der Waals surface area contributed by atoms with Gasteiger partial charge in [0.15, 0.2) is 0 Å². The average Bonchev–Trinajstić information content (AvgIpc) is 3.14. The summed E-state index contributed by atoms with van der Waals surface area (Å²) in [5.41, 5.74) is 7.22. The Morgan fingerprint density at radius 2 is 1.58 bits per heavy atom. The van der Waals surface area contributed by atoms with Crippen molar-refractivity contribution in [3.05, 3.63) is 77.9 Å². The number of anilines is 2. The molecule has 4 bridgehead atoms. The molecule has 0 radical (unpaired) electrons. The normalized spacial score (nSPS) is 25.9. The van der Waals surface area contributed by atoms with E-state index in [0.29, 0.717) is 11.0 Å². The number of fused-ring (bicyclic) bond motifs is 2. The van der Waals surface area contributed by atoms with E-state index in [-0.39, 0.29) is 5.97 Å². The quantitative estimate of drug-likeness (QED) is 0.283. The smallest absolute Gasteiger partial charge is 0.340 e. The average molecular weight is 506 g/mol. The van der Waals surface area contributed by atoms with Crippen molar-refractivity contribution < 1.29 is 9.53 Å². The van der Waals surface area contributed by atoms with Gasteiger partial charge in [0.25, 0.3) is 0 Å². The molecule has 0 spiro atoms. The molecular formula is C33H35N3O2. The Labute approximate surface area is 224 Å². The van der Waals surface area contributed by atoms with Crippen LogP contribution in [0.2, 0.25) is 0 Å². The number of benzene rings is 3. The molecule has 5 heteroatoms. The minimum atomic E-state index is -0.352. The maximum absolute atomic E-state index is 12.3. The van der Waals surface area contributed by atoms with Crippen molar-refractivity contribution >= 4 is 28.4 Å². The SMILES string of the molecule is COC(=O)c1cccc2nc(-c3ccc(Nc4ccc(C56CCC7CC(CC(C7)C5)C6)cc4)cc3)n(C)c12. The fourth-order valence-electron chi connectivity index (χ4n) is 8.10. The van der Waals surface area contributed by atoms with Gasteiger partial charge in [0.1, 0.15) is 5.82 Å². The molecule has 0 saturated heterocycles. The number of aryl methyl sites for hydroxylation is 1. The highest BCUT2D eigenvalue weighted by molar-refractivity contribution is 6.03. The molecule has 0 amide bonds. The number of rotatable bonds is 5. The third-order valence-electron chi connectivity index (χ3n) is 9.62. The standard InChI is InChI=1S/C33H35N3O2/c1-36-30-28(32(37)38-2)4-3-5-29(30)35-31(36)24-6-10-26(11-7-24)34-27-12-8-25(9-13-27)33-15-14-21-16-22(19-33)18-23(17-21)20-33/h3-13,21-23,34H,14-20H2,1-2H3. The van der Waals surface area contributed by atoms with Crippen LogP contribution in [0.5, 0.6) is 0 Å². The summed E-state index contributed by atoms with van der Waals surface area (Å²) in [4.78, 5) is 17.1. The highest BCUT2D eigenvalue weighted by Crippen LogP contribution is 2.58. The Bertz CT molecular complexity index is 1490. The summed E-state index contributed by atoms with van der Waals surface area (Å²) < 4.78 is 6.94. The van der Waals surface area contributed by atoms with Crippen LogP contribution in [0.15, 0.2) is 66.7 Å². The number of nitrogens with zero attached hydrogens (tertiary/aromatic N) is 2. The zero-order valence-electron chi connectivity index (χ0n) is 22.2. The summed E-state index contributed by atoms with van der Waals surface area (Å²) in [6.07, 6.45) is 10.0. The predicted octanol–water partition coefficient (Wildman–Crippen LogP) is 7.63. The first-order valence-electron chi connectivity index (χ1n) is 14.0. The van der Waals surface area contributed by atoms with Crippen molar-refractivity contribution in [3.63, 3.8) is 0 Å². The third kappa shape index (κ3) is 3.91. The molecule has 8 rings (SSSR count). The predicted molar refractivity (Wildman–Crippen MR) is 152 cm³/mol. The molecule has 5 nitrogen and oxygen atoms in total. The van der Waals surface area contributed by atoms with Gasteiger partial charge in [-0.05, 0) is 122 Å². The summed E-state index contributed by atoms with van der Waals surface area (Å²) in [7, 11) is 3.35. The van der Waals surface area contributed by atoms with Crippen LogP contribution in [-0.4, -0.2) is 22.6 Å². The second-order valence-corrected chi connectivity index (χ2v) is 12.0. The van der Waals surface area contributed by atoms with Crippen LogP contribution < -0.4 is 5.32 Å². The maximum Gasteiger partial charge on any atom is 0.340 e. The van der Waals surface area contributed by atoms with E-state index in [1.54, 1.807) is 11.6 Å². The van der Waals surface area contributed by atoms with E-state index in [1.165, 1.54) is 52.1 Å². The molecule has 0 aliphatic heterocycles. The molecule has 1 heterocycles. The Hall–Kier alpha value is -3.60. The monoisotopic (exact) mass is 505 g/mol. The molecular weight excluding hydrogens is 470 g/mol. The molecule has 3 aromatic carbocycles. The van der Waals surface area contributed by atoms with Crippen molar-refractivity contribution in [1.29, 1.82) is 0 Å². The number of hydrogen-bond acceptors (Lipinski definition) is 4. The van der Waals surface area contributed by atoms with Gasteiger partial charge in [-0.25, -0.2) is 9.78 Å². The van der Waals surface area contributed by atoms with E-state index < -0.39 is 0 Å². The van der Waals surface area contributed by atoms with Gasteiger partial charge in [-0.1, -0.05) is 18.2 Å². The molecule has 4 saturated carbocycles. The van der Waals surface area contributed by atoms with E-state index in [2.05, 4.69) is 53.8 Å². The van der Waals surface area contributed by atoms with Gasteiger partial charge in [-0.2, -0.15) is 0 Å². The first-order valence-corrected chi connectivity index (χ1v) is 14.0. The van der Waals surface area contributed by atoms with Crippen LogP contribution in [-0.2, 0) is 17.2 Å². The van der Waals surface area contributed by atoms with Crippen molar-refractivity contribution in [2.75, 3.05) is 12.4 Å². The van der Waals surface area contributed by atoms with Gasteiger partial charge in [0, 0.05) is 24.0 Å². The molecule has 38 heavy (non-hydrogen) atoms. The van der Waals surface area contributed by atoms with E-state index in [9.17, 15) is 4.79 Å². The molecule has 4 aliphatic rings. The summed E-state index contributed by atoms with van der Waals surface area (Å²) in [5.74, 6) is 3.36. The fraction of sp³-hybridized carbons (Fsp3) is 0.394. The van der Waals surface area contributed by atoms with Crippen LogP contribution in [0.4, 0.5) is 11.4 Å². The Kier molecular flexibility index (Phi) is 5.57. The van der Waals surface area contributed by atoms with Crippen LogP contribution in [0.3, 0.4) is 0 Å². The Balaban J connectivity index is 1.10. The van der Waals surface area contributed by atoms with Crippen molar-refractivity contribution in [3.8, 4) is 11.4 Å². The van der Waals surface area contributed by atoms with Crippen LogP contribution >= 0.6 is 0 Å². The summed E-state index contributed by atoms with van der Waals surface area (Å²) >= 11 is 0. The molecule has 1 N–H and O–H groups in total.